The second kappa shape index (κ2) is 10.1. The van der Waals surface area contributed by atoms with E-state index in [9.17, 15) is 14.4 Å². The molecule has 2 heterocycles. The van der Waals surface area contributed by atoms with Crippen molar-refractivity contribution in [2.75, 3.05) is 10.6 Å². The Morgan fingerprint density at radius 1 is 1.09 bits per heavy atom. The molecule has 0 aliphatic carbocycles. The van der Waals surface area contributed by atoms with Crippen molar-refractivity contribution >= 4 is 29.3 Å². The minimum absolute atomic E-state index is 0.103. The fraction of sp³-hybridized carbons (Fsp3) is 0.0385. The summed E-state index contributed by atoms with van der Waals surface area (Å²) in [5.41, 5.74) is 4.12. The van der Waals surface area contributed by atoms with Crippen LogP contribution in [0.25, 0.3) is 17.3 Å². The zero-order valence-corrected chi connectivity index (χ0v) is 18.2. The Morgan fingerprint density at radius 3 is 2.65 bits per heavy atom. The fourth-order valence-electron chi connectivity index (χ4n) is 3.12. The van der Waals surface area contributed by atoms with Crippen LogP contribution in [0.5, 0.6) is 0 Å². The molecule has 0 atom stereocenters. The molecular formula is C26H19FN6O. The first kappa shape index (κ1) is 22.3. The molecule has 166 valence electrons. The van der Waals surface area contributed by atoms with Gasteiger partial charge in [0.1, 0.15) is 17.5 Å². The molecule has 0 fully saturated rings. The maximum absolute atomic E-state index is 13.1. The van der Waals surface area contributed by atoms with Crippen molar-refractivity contribution in [3.05, 3.63) is 102 Å². The van der Waals surface area contributed by atoms with Gasteiger partial charge in [0.05, 0.1) is 5.69 Å². The van der Waals surface area contributed by atoms with Gasteiger partial charge in [0.2, 0.25) is 5.95 Å². The van der Waals surface area contributed by atoms with Crippen molar-refractivity contribution < 1.29 is 9.18 Å². The third kappa shape index (κ3) is 5.47. The van der Waals surface area contributed by atoms with E-state index in [0.29, 0.717) is 22.9 Å². The molecule has 0 bridgehead atoms. The third-order valence-corrected chi connectivity index (χ3v) is 4.90. The lowest BCUT2D eigenvalue weighted by Gasteiger charge is -2.12. The summed E-state index contributed by atoms with van der Waals surface area (Å²) in [4.78, 5) is 25.6. The Bertz CT molecular complexity index is 1400. The molecule has 0 aliphatic heterocycles. The molecule has 0 saturated carbocycles. The van der Waals surface area contributed by atoms with Crippen molar-refractivity contribution in [1.29, 1.82) is 5.26 Å². The molecule has 1 amide bonds. The predicted molar refractivity (Wildman–Crippen MR) is 128 cm³/mol. The Hall–Kier alpha value is -4.90. The Labute approximate surface area is 195 Å². The van der Waals surface area contributed by atoms with Gasteiger partial charge in [-0.2, -0.15) is 5.26 Å². The van der Waals surface area contributed by atoms with Crippen molar-refractivity contribution in [3.8, 4) is 17.3 Å². The predicted octanol–water partition coefficient (Wildman–Crippen LogP) is 5.28. The molecule has 0 radical (unpaired) electrons. The van der Waals surface area contributed by atoms with Gasteiger partial charge in [-0.15, -0.1) is 0 Å². The van der Waals surface area contributed by atoms with Gasteiger partial charge in [-0.3, -0.25) is 9.78 Å². The maximum Gasteiger partial charge on any atom is 0.266 e. The number of pyridine rings is 1. The molecule has 0 unspecified atom stereocenters. The van der Waals surface area contributed by atoms with Gasteiger partial charge in [-0.1, -0.05) is 18.2 Å². The van der Waals surface area contributed by atoms with Crippen LogP contribution in [-0.4, -0.2) is 20.9 Å². The van der Waals surface area contributed by atoms with E-state index in [2.05, 4.69) is 25.6 Å². The summed E-state index contributed by atoms with van der Waals surface area (Å²) < 4.78 is 13.1. The van der Waals surface area contributed by atoms with Crippen LogP contribution in [0.15, 0.2) is 84.8 Å². The number of nitriles is 1. The summed E-state index contributed by atoms with van der Waals surface area (Å²) in [5.74, 6) is -0.576. The van der Waals surface area contributed by atoms with Gasteiger partial charge >= 0.3 is 0 Å². The van der Waals surface area contributed by atoms with Gasteiger partial charge < -0.3 is 10.6 Å². The molecule has 4 rings (SSSR count). The fourth-order valence-corrected chi connectivity index (χ4v) is 3.12. The van der Waals surface area contributed by atoms with E-state index >= 15 is 0 Å². The minimum Gasteiger partial charge on any atom is -0.324 e. The number of hydrogen-bond donors (Lipinski definition) is 2. The second-order valence-electron chi connectivity index (χ2n) is 7.34. The molecule has 7 nitrogen and oxygen atoms in total. The molecule has 0 spiro atoms. The zero-order valence-electron chi connectivity index (χ0n) is 18.2. The molecule has 8 heteroatoms. The number of benzene rings is 2. The largest absolute Gasteiger partial charge is 0.324 e. The van der Waals surface area contributed by atoms with Crippen LogP contribution >= 0.6 is 0 Å². The maximum atomic E-state index is 13.1. The van der Waals surface area contributed by atoms with E-state index in [0.717, 1.165) is 16.8 Å². The number of anilines is 3. The molecule has 0 saturated heterocycles. The number of aromatic nitrogens is 3. The first-order valence-electron chi connectivity index (χ1n) is 10.3. The lowest BCUT2D eigenvalue weighted by molar-refractivity contribution is -0.112. The van der Waals surface area contributed by atoms with Crippen LogP contribution in [0.3, 0.4) is 0 Å². The SMILES string of the molecule is Cc1ccc(NC(=O)/C(C#N)=C/c2ccc(F)cc2)cc1Nc1nccc(-c2cccnc2)n1. The molecule has 0 aliphatic rings. The molecule has 4 aromatic rings. The van der Waals surface area contributed by atoms with E-state index < -0.39 is 11.7 Å². The highest BCUT2D eigenvalue weighted by atomic mass is 19.1. The second-order valence-corrected chi connectivity index (χ2v) is 7.34. The number of carbonyl (C=O) groups is 1. The van der Waals surface area contributed by atoms with Crippen molar-refractivity contribution in [2.24, 2.45) is 0 Å². The Balaban J connectivity index is 1.53. The summed E-state index contributed by atoms with van der Waals surface area (Å²) >= 11 is 0. The highest BCUT2D eigenvalue weighted by Crippen LogP contribution is 2.24. The van der Waals surface area contributed by atoms with Crippen LogP contribution in [0, 0.1) is 24.1 Å². The lowest BCUT2D eigenvalue weighted by Crippen LogP contribution is -2.13. The first-order chi connectivity index (χ1) is 16.5. The third-order valence-electron chi connectivity index (χ3n) is 4.90. The van der Waals surface area contributed by atoms with E-state index in [4.69, 9.17) is 0 Å². The number of carbonyl (C=O) groups excluding carboxylic acids is 1. The molecule has 2 aromatic heterocycles. The van der Waals surface area contributed by atoms with E-state index in [-0.39, 0.29) is 5.57 Å². The zero-order chi connectivity index (χ0) is 23.9. The molecule has 2 N–H and O–H groups in total. The number of rotatable bonds is 6. The summed E-state index contributed by atoms with van der Waals surface area (Å²) in [6.45, 7) is 1.91. The van der Waals surface area contributed by atoms with Crippen molar-refractivity contribution in [2.45, 2.75) is 6.92 Å². The summed E-state index contributed by atoms with van der Waals surface area (Å²) in [5, 5.41) is 15.3. The monoisotopic (exact) mass is 450 g/mol. The van der Waals surface area contributed by atoms with Crippen LogP contribution in [0.1, 0.15) is 11.1 Å². The van der Waals surface area contributed by atoms with Gasteiger partial charge in [0.25, 0.3) is 5.91 Å². The van der Waals surface area contributed by atoms with Crippen LogP contribution in [0.2, 0.25) is 0 Å². The van der Waals surface area contributed by atoms with Crippen molar-refractivity contribution in [3.63, 3.8) is 0 Å². The van der Waals surface area contributed by atoms with E-state index in [1.165, 1.54) is 30.3 Å². The Morgan fingerprint density at radius 2 is 1.91 bits per heavy atom. The summed E-state index contributed by atoms with van der Waals surface area (Å²) in [6, 6.07) is 18.2. The van der Waals surface area contributed by atoms with Gasteiger partial charge in [0, 0.05) is 35.5 Å². The average molecular weight is 450 g/mol. The van der Waals surface area contributed by atoms with Crippen LogP contribution in [0.4, 0.5) is 21.7 Å². The van der Waals surface area contributed by atoms with Crippen LogP contribution < -0.4 is 10.6 Å². The molecular weight excluding hydrogens is 431 g/mol. The van der Waals surface area contributed by atoms with Crippen LogP contribution in [-0.2, 0) is 4.79 Å². The lowest BCUT2D eigenvalue weighted by atomic mass is 10.1. The van der Waals surface area contributed by atoms with Gasteiger partial charge in [0.15, 0.2) is 0 Å². The number of nitrogens with one attached hydrogen (secondary N) is 2. The standard InChI is InChI=1S/C26H19FN6O/c1-17-4-9-22(31-25(34)20(15-28)13-18-5-7-21(27)8-6-18)14-24(17)33-26-30-12-10-23(32-26)19-3-2-11-29-16-19/h2-14,16H,1H3,(H,31,34)(H,30,32,33)/b20-13+. The first-order valence-corrected chi connectivity index (χ1v) is 10.3. The minimum atomic E-state index is -0.573. The number of aryl methyl sites for hydroxylation is 1. The number of hydrogen-bond acceptors (Lipinski definition) is 6. The smallest absolute Gasteiger partial charge is 0.266 e. The van der Waals surface area contributed by atoms with E-state index in [1.807, 2.05) is 31.2 Å². The highest BCUT2D eigenvalue weighted by molar-refractivity contribution is 6.09. The van der Waals surface area contributed by atoms with Gasteiger partial charge in [-0.25, -0.2) is 14.4 Å². The highest BCUT2D eigenvalue weighted by Gasteiger charge is 2.11. The summed E-state index contributed by atoms with van der Waals surface area (Å²) in [6.07, 6.45) is 6.47. The van der Waals surface area contributed by atoms with Crippen molar-refractivity contribution in [1.82, 2.24) is 15.0 Å². The number of nitrogens with zero attached hydrogens (tertiary/aromatic N) is 4. The number of halogens is 1. The molecule has 2 aromatic carbocycles. The topological polar surface area (TPSA) is 104 Å². The average Bonchev–Trinajstić information content (AvgIpc) is 2.86. The van der Waals surface area contributed by atoms with Gasteiger partial charge in [-0.05, 0) is 66.6 Å². The Kier molecular flexibility index (Phi) is 6.65. The van der Waals surface area contributed by atoms with E-state index in [1.54, 1.807) is 36.8 Å². The summed E-state index contributed by atoms with van der Waals surface area (Å²) in [7, 11) is 0. The quantitative estimate of drug-likeness (QED) is 0.306. The number of amides is 1. The molecule has 34 heavy (non-hydrogen) atoms. The normalized spacial score (nSPS) is 10.9.